The summed E-state index contributed by atoms with van der Waals surface area (Å²) < 4.78 is 5.04. The summed E-state index contributed by atoms with van der Waals surface area (Å²) in [7, 11) is 1.41. The molecule has 4 fully saturated rings. The van der Waals surface area contributed by atoms with Crippen molar-refractivity contribution in [3.8, 4) is 0 Å². The van der Waals surface area contributed by atoms with Gasteiger partial charge in [-0.15, -0.1) is 0 Å². The van der Waals surface area contributed by atoms with Crippen LogP contribution in [-0.2, 0) is 23.9 Å². The third kappa shape index (κ3) is 2.95. The Hall–Kier alpha value is -2.30. The van der Waals surface area contributed by atoms with E-state index in [-0.39, 0.29) is 53.3 Å². The summed E-state index contributed by atoms with van der Waals surface area (Å²) in [5.41, 5.74) is 3.76. The predicted molar refractivity (Wildman–Crippen MR) is 113 cm³/mol. The Labute approximate surface area is 182 Å². The molecule has 0 N–H and O–H groups in total. The maximum atomic E-state index is 12.4. The molecule has 5 nitrogen and oxygen atoms in total. The lowest BCUT2D eigenvalue weighted by atomic mass is 9.70. The molecule has 5 heteroatoms. The van der Waals surface area contributed by atoms with E-state index in [9.17, 15) is 19.2 Å². The first-order valence-corrected chi connectivity index (χ1v) is 11.6. The van der Waals surface area contributed by atoms with Crippen molar-refractivity contribution in [1.82, 2.24) is 0 Å². The van der Waals surface area contributed by atoms with Crippen LogP contribution in [0, 0.1) is 54.3 Å². The van der Waals surface area contributed by atoms with E-state index in [0.717, 1.165) is 44.5 Å². The number of aryl methyl sites for hydroxylation is 1. The zero-order valence-corrected chi connectivity index (χ0v) is 18.1. The van der Waals surface area contributed by atoms with Crippen molar-refractivity contribution in [2.45, 2.75) is 44.4 Å². The van der Waals surface area contributed by atoms with Crippen molar-refractivity contribution >= 4 is 24.8 Å². The van der Waals surface area contributed by atoms with E-state index in [0.29, 0.717) is 11.8 Å². The molecule has 164 valence electrons. The molecule has 4 aliphatic rings. The van der Waals surface area contributed by atoms with E-state index >= 15 is 0 Å². The van der Waals surface area contributed by atoms with Gasteiger partial charge in [0.05, 0.1) is 13.0 Å². The van der Waals surface area contributed by atoms with Crippen LogP contribution in [0.2, 0.25) is 0 Å². The molecule has 0 heterocycles. The molecule has 1 aromatic rings. The molecule has 0 aromatic heterocycles. The van der Waals surface area contributed by atoms with Crippen LogP contribution in [0.5, 0.6) is 0 Å². The summed E-state index contributed by atoms with van der Waals surface area (Å²) in [4.78, 5) is 47.1. The number of methoxy groups -OCH3 is 1. The summed E-state index contributed by atoms with van der Waals surface area (Å²) in [6, 6.07) is 6.66. The second-order valence-corrected chi connectivity index (χ2v) is 10.3. The first kappa shape index (κ1) is 20.6. The molecule has 4 saturated carbocycles. The van der Waals surface area contributed by atoms with Gasteiger partial charge in [-0.2, -0.15) is 0 Å². The van der Waals surface area contributed by atoms with E-state index < -0.39 is 0 Å². The van der Waals surface area contributed by atoms with Gasteiger partial charge in [0.15, 0.2) is 0 Å². The molecular weight excluding hydrogens is 392 g/mol. The monoisotopic (exact) mass is 422 g/mol. The lowest BCUT2D eigenvalue weighted by Gasteiger charge is -2.33. The first-order valence-electron chi connectivity index (χ1n) is 11.6. The topological polar surface area (TPSA) is 77.5 Å². The number of ether oxygens (including phenoxy) is 1. The molecule has 0 aliphatic heterocycles. The smallest absolute Gasteiger partial charge is 0.309 e. The maximum absolute atomic E-state index is 12.4. The van der Waals surface area contributed by atoms with E-state index in [1.165, 1.54) is 23.8 Å². The van der Waals surface area contributed by atoms with E-state index in [1.54, 1.807) is 0 Å². The van der Waals surface area contributed by atoms with Gasteiger partial charge in [0.25, 0.3) is 0 Å². The van der Waals surface area contributed by atoms with Gasteiger partial charge in [-0.25, -0.2) is 0 Å². The summed E-state index contributed by atoms with van der Waals surface area (Å²) in [6.07, 6.45) is 6.77. The standard InChI is InChI=1S/C26H30O5/c1-13-5-14(18-6-15-7-20(18)24(12-29)22(15)10-27)3-4-17(13)19-8-16-9-21(19)25(23(16)11-28)26(30)31-2/h3-5,10-12,15-16,18-25H,6-9H2,1-2H3. The van der Waals surface area contributed by atoms with Gasteiger partial charge in [0, 0.05) is 17.8 Å². The molecule has 4 aliphatic carbocycles. The minimum atomic E-state index is -0.329. The minimum Gasteiger partial charge on any atom is -0.469 e. The Bertz CT molecular complexity index is 922. The summed E-state index contributed by atoms with van der Waals surface area (Å²) in [5.74, 6) is 0.585. The SMILES string of the molecule is COC(=O)C1C(C=O)C2CC(c3ccc(C4CC5CC4C(C=O)C5C=O)cc3C)C1C2. The normalized spacial score (nSPS) is 42.5. The highest BCUT2D eigenvalue weighted by atomic mass is 16.5. The predicted octanol–water partition coefficient (Wildman–Crippen LogP) is 3.48. The third-order valence-electron chi connectivity index (χ3n) is 9.27. The average Bonchev–Trinajstić information content (AvgIpc) is 3.55. The first-order chi connectivity index (χ1) is 15.0. The molecule has 10 atom stereocenters. The van der Waals surface area contributed by atoms with E-state index in [4.69, 9.17) is 4.74 Å². The van der Waals surface area contributed by atoms with Crippen molar-refractivity contribution in [3.63, 3.8) is 0 Å². The number of fused-ring (bicyclic) bond motifs is 4. The van der Waals surface area contributed by atoms with Crippen LogP contribution in [0.25, 0.3) is 0 Å². The lowest BCUT2D eigenvalue weighted by Crippen LogP contribution is -2.35. The fraction of sp³-hybridized carbons (Fsp3) is 0.615. The Kier molecular flexibility index (Phi) is 5.10. The van der Waals surface area contributed by atoms with Crippen LogP contribution in [0.1, 0.15) is 54.2 Å². The highest BCUT2D eigenvalue weighted by Crippen LogP contribution is 2.60. The largest absolute Gasteiger partial charge is 0.469 e. The molecule has 5 rings (SSSR count). The van der Waals surface area contributed by atoms with Crippen molar-refractivity contribution < 1.29 is 23.9 Å². The Morgan fingerprint density at radius 3 is 2.16 bits per heavy atom. The van der Waals surface area contributed by atoms with Crippen LogP contribution in [0.3, 0.4) is 0 Å². The third-order valence-corrected chi connectivity index (χ3v) is 9.27. The Balaban J connectivity index is 1.39. The van der Waals surface area contributed by atoms with Gasteiger partial charge in [-0.3, -0.25) is 4.79 Å². The number of hydrogen-bond donors (Lipinski definition) is 0. The molecular formula is C26H30O5. The van der Waals surface area contributed by atoms with Gasteiger partial charge in [0.2, 0.25) is 0 Å². The van der Waals surface area contributed by atoms with Crippen molar-refractivity contribution in [2.24, 2.45) is 47.3 Å². The highest BCUT2D eigenvalue weighted by molar-refractivity contribution is 5.78. The molecule has 4 bridgehead atoms. The van der Waals surface area contributed by atoms with E-state index in [2.05, 4.69) is 25.1 Å². The number of benzene rings is 1. The average molecular weight is 423 g/mol. The zero-order chi connectivity index (χ0) is 21.9. The van der Waals surface area contributed by atoms with Crippen molar-refractivity contribution in [1.29, 1.82) is 0 Å². The number of esters is 1. The van der Waals surface area contributed by atoms with E-state index in [1.807, 2.05) is 0 Å². The number of aldehydes is 3. The number of hydrogen-bond acceptors (Lipinski definition) is 5. The molecule has 31 heavy (non-hydrogen) atoms. The lowest BCUT2D eigenvalue weighted by molar-refractivity contribution is -0.151. The van der Waals surface area contributed by atoms with Crippen LogP contribution in [0.15, 0.2) is 18.2 Å². The summed E-state index contributed by atoms with van der Waals surface area (Å²) >= 11 is 0. The molecule has 0 radical (unpaired) electrons. The van der Waals surface area contributed by atoms with Crippen LogP contribution >= 0.6 is 0 Å². The van der Waals surface area contributed by atoms with Crippen LogP contribution < -0.4 is 0 Å². The molecule has 1 aromatic carbocycles. The van der Waals surface area contributed by atoms with Gasteiger partial charge < -0.3 is 19.1 Å². The molecule has 0 saturated heterocycles. The summed E-state index contributed by atoms with van der Waals surface area (Å²) in [5, 5.41) is 0. The number of carbonyl (C=O) groups excluding carboxylic acids is 4. The van der Waals surface area contributed by atoms with Gasteiger partial charge in [-0.05, 0) is 84.8 Å². The number of rotatable bonds is 6. The van der Waals surface area contributed by atoms with Crippen LogP contribution in [0.4, 0.5) is 0 Å². The highest BCUT2D eigenvalue weighted by Gasteiger charge is 2.56. The van der Waals surface area contributed by atoms with Gasteiger partial charge in [0.1, 0.15) is 18.9 Å². The van der Waals surface area contributed by atoms with Crippen molar-refractivity contribution in [3.05, 3.63) is 34.9 Å². The quantitative estimate of drug-likeness (QED) is 0.518. The number of carbonyl (C=O) groups is 4. The van der Waals surface area contributed by atoms with Crippen LogP contribution in [-0.4, -0.2) is 31.9 Å². The zero-order valence-electron chi connectivity index (χ0n) is 18.1. The summed E-state index contributed by atoms with van der Waals surface area (Å²) in [6.45, 7) is 2.13. The maximum Gasteiger partial charge on any atom is 0.309 e. The molecule has 0 amide bonds. The van der Waals surface area contributed by atoms with Gasteiger partial charge in [-0.1, -0.05) is 18.2 Å². The second-order valence-electron chi connectivity index (χ2n) is 10.3. The second kappa shape index (κ2) is 7.68. The Morgan fingerprint density at radius 1 is 0.871 bits per heavy atom. The molecule has 0 spiro atoms. The fourth-order valence-corrected chi connectivity index (χ4v) is 7.99. The fourth-order valence-electron chi connectivity index (χ4n) is 7.99. The minimum absolute atomic E-state index is 0.103. The molecule has 10 unspecified atom stereocenters. The Morgan fingerprint density at radius 2 is 1.52 bits per heavy atom. The van der Waals surface area contributed by atoms with Gasteiger partial charge >= 0.3 is 5.97 Å². The van der Waals surface area contributed by atoms with Crippen molar-refractivity contribution in [2.75, 3.05) is 7.11 Å².